The topological polar surface area (TPSA) is 56.9 Å². The van der Waals surface area contributed by atoms with E-state index < -0.39 is 0 Å². The third kappa shape index (κ3) is 4.57. The molecule has 1 unspecified atom stereocenters. The van der Waals surface area contributed by atoms with E-state index in [0.717, 1.165) is 31.4 Å². The SMILES string of the molecule is Cc1cccc(C(CC(=O)NC2CCNCC2)c2c[nH]c3ccccc23)c1.Cl. The summed E-state index contributed by atoms with van der Waals surface area (Å²) >= 11 is 0. The first-order valence-electron chi connectivity index (χ1n) is 9.83. The molecule has 5 heteroatoms. The third-order valence-corrected chi connectivity index (χ3v) is 5.53. The lowest BCUT2D eigenvalue weighted by Gasteiger charge is -2.25. The van der Waals surface area contributed by atoms with Crippen molar-refractivity contribution >= 4 is 29.2 Å². The van der Waals surface area contributed by atoms with Crippen LogP contribution < -0.4 is 10.6 Å². The zero-order valence-corrected chi connectivity index (χ0v) is 17.0. The Kier molecular flexibility index (Phi) is 6.76. The molecule has 0 bridgehead atoms. The molecule has 2 aromatic carbocycles. The highest BCUT2D eigenvalue weighted by atomic mass is 35.5. The molecular weight excluding hydrogens is 370 g/mol. The van der Waals surface area contributed by atoms with Gasteiger partial charge in [0.1, 0.15) is 0 Å². The summed E-state index contributed by atoms with van der Waals surface area (Å²) in [6, 6.07) is 17.1. The highest BCUT2D eigenvalue weighted by Crippen LogP contribution is 2.33. The number of halogens is 1. The molecule has 1 aliphatic rings. The lowest BCUT2D eigenvalue weighted by Crippen LogP contribution is -2.43. The first kappa shape index (κ1) is 20.4. The lowest BCUT2D eigenvalue weighted by atomic mass is 9.87. The van der Waals surface area contributed by atoms with Gasteiger partial charge in [-0.15, -0.1) is 12.4 Å². The lowest BCUT2D eigenvalue weighted by molar-refractivity contribution is -0.122. The van der Waals surface area contributed by atoms with Crippen LogP contribution in [0.5, 0.6) is 0 Å². The van der Waals surface area contributed by atoms with Gasteiger partial charge in [0.15, 0.2) is 0 Å². The average molecular weight is 398 g/mol. The maximum absolute atomic E-state index is 12.9. The molecule has 2 heterocycles. The Morgan fingerprint density at radius 1 is 1.14 bits per heavy atom. The summed E-state index contributed by atoms with van der Waals surface area (Å²) < 4.78 is 0. The van der Waals surface area contributed by atoms with Crippen molar-refractivity contribution in [2.45, 2.75) is 38.1 Å². The summed E-state index contributed by atoms with van der Waals surface area (Å²) in [6.07, 6.45) is 4.55. The number of aromatic amines is 1. The second kappa shape index (κ2) is 9.26. The Morgan fingerprint density at radius 2 is 1.93 bits per heavy atom. The standard InChI is InChI=1S/C23H27N3O.ClH/c1-16-5-4-6-17(13-16)20(14-23(27)26-18-9-11-24-12-10-18)21-15-25-22-8-3-2-7-19(21)22;/h2-8,13,15,18,20,24-25H,9-12,14H2,1H3,(H,26,27);1H. The van der Waals surface area contributed by atoms with Crippen LogP contribution in [0.4, 0.5) is 0 Å². The fraction of sp³-hybridized carbons (Fsp3) is 0.348. The molecule has 0 aliphatic carbocycles. The summed E-state index contributed by atoms with van der Waals surface area (Å²) in [5, 5.41) is 7.80. The number of rotatable bonds is 5. The van der Waals surface area contributed by atoms with Gasteiger partial charge in [-0.2, -0.15) is 0 Å². The molecule has 1 atom stereocenters. The summed E-state index contributed by atoms with van der Waals surface area (Å²) in [5.74, 6) is 0.182. The van der Waals surface area contributed by atoms with E-state index in [1.807, 2.05) is 6.07 Å². The van der Waals surface area contributed by atoms with Crippen LogP contribution in [0.1, 0.15) is 41.9 Å². The Hall–Kier alpha value is -2.30. The van der Waals surface area contributed by atoms with Crippen LogP contribution in [0.25, 0.3) is 10.9 Å². The van der Waals surface area contributed by atoms with Crippen molar-refractivity contribution < 1.29 is 4.79 Å². The largest absolute Gasteiger partial charge is 0.361 e. The fourth-order valence-electron chi connectivity index (χ4n) is 4.11. The Bertz CT molecular complexity index is 930. The van der Waals surface area contributed by atoms with E-state index in [9.17, 15) is 4.79 Å². The summed E-state index contributed by atoms with van der Waals surface area (Å²) in [7, 11) is 0. The van der Waals surface area contributed by atoms with E-state index >= 15 is 0 Å². The molecule has 1 aromatic heterocycles. The van der Waals surface area contributed by atoms with Crippen molar-refractivity contribution in [3.8, 4) is 0 Å². The van der Waals surface area contributed by atoms with Crippen molar-refractivity contribution in [3.63, 3.8) is 0 Å². The number of fused-ring (bicyclic) bond motifs is 1. The predicted molar refractivity (Wildman–Crippen MR) is 117 cm³/mol. The van der Waals surface area contributed by atoms with Crippen LogP contribution in [-0.2, 0) is 4.79 Å². The number of hydrogen-bond acceptors (Lipinski definition) is 2. The van der Waals surface area contributed by atoms with Crippen LogP contribution >= 0.6 is 12.4 Å². The molecule has 148 valence electrons. The quantitative estimate of drug-likeness (QED) is 0.601. The van der Waals surface area contributed by atoms with Crippen LogP contribution in [-0.4, -0.2) is 30.0 Å². The van der Waals surface area contributed by atoms with Gasteiger partial charge in [-0.25, -0.2) is 0 Å². The van der Waals surface area contributed by atoms with Gasteiger partial charge in [0.25, 0.3) is 0 Å². The molecule has 1 aliphatic heterocycles. The van der Waals surface area contributed by atoms with Crippen molar-refractivity contribution in [3.05, 3.63) is 71.4 Å². The minimum Gasteiger partial charge on any atom is -0.361 e. The van der Waals surface area contributed by atoms with Crippen molar-refractivity contribution in [2.75, 3.05) is 13.1 Å². The van der Waals surface area contributed by atoms with E-state index in [-0.39, 0.29) is 24.2 Å². The van der Waals surface area contributed by atoms with Crippen LogP contribution in [0.3, 0.4) is 0 Å². The van der Waals surface area contributed by atoms with E-state index in [1.54, 1.807) is 0 Å². The zero-order chi connectivity index (χ0) is 18.6. The second-order valence-corrected chi connectivity index (χ2v) is 7.55. The molecule has 4 nitrogen and oxygen atoms in total. The highest BCUT2D eigenvalue weighted by molar-refractivity contribution is 5.86. The van der Waals surface area contributed by atoms with Crippen LogP contribution in [0.2, 0.25) is 0 Å². The van der Waals surface area contributed by atoms with Gasteiger partial charge in [0, 0.05) is 35.5 Å². The van der Waals surface area contributed by atoms with Crippen LogP contribution in [0, 0.1) is 6.92 Å². The van der Waals surface area contributed by atoms with Crippen molar-refractivity contribution in [1.29, 1.82) is 0 Å². The normalized spacial score (nSPS) is 15.8. The van der Waals surface area contributed by atoms with Gasteiger partial charge in [-0.3, -0.25) is 4.79 Å². The van der Waals surface area contributed by atoms with Crippen molar-refractivity contribution in [1.82, 2.24) is 15.6 Å². The summed E-state index contributed by atoms with van der Waals surface area (Å²) in [5.41, 5.74) is 4.72. The van der Waals surface area contributed by atoms with E-state index in [0.29, 0.717) is 12.5 Å². The van der Waals surface area contributed by atoms with Crippen molar-refractivity contribution in [2.24, 2.45) is 0 Å². The fourth-order valence-corrected chi connectivity index (χ4v) is 4.11. The first-order valence-corrected chi connectivity index (χ1v) is 9.83. The van der Waals surface area contributed by atoms with Gasteiger partial charge >= 0.3 is 0 Å². The Balaban J connectivity index is 0.00000225. The van der Waals surface area contributed by atoms with Crippen LogP contribution in [0.15, 0.2) is 54.7 Å². The predicted octanol–water partition coefficient (Wildman–Crippen LogP) is 4.29. The van der Waals surface area contributed by atoms with Gasteiger partial charge in [0.2, 0.25) is 5.91 Å². The maximum Gasteiger partial charge on any atom is 0.221 e. The molecule has 3 aromatic rings. The molecule has 0 spiro atoms. The molecule has 1 saturated heterocycles. The number of hydrogen-bond donors (Lipinski definition) is 3. The molecule has 0 saturated carbocycles. The van der Waals surface area contributed by atoms with Gasteiger partial charge in [0.05, 0.1) is 0 Å². The van der Waals surface area contributed by atoms with E-state index in [1.165, 1.54) is 22.1 Å². The Morgan fingerprint density at radius 3 is 2.71 bits per heavy atom. The van der Waals surface area contributed by atoms with Gasteiger partial charge < -0.3 is 15.6 Å². The number of aromatic nitrogens is 1. The number of H-pyrrole nitrogens is 1. The monoisotopic (exact) mass is 397 g/mol. The molecule has 0 radical (unpaired) electrons. The Labute approximate surface area is 172 Å². The smallest absolute Gasteiger partial charge is 0.221 e. The van der Waals surface area contributed by atoms with E-state index in [4.69, 9.17) is 0 Å². The minimum absolute atomic E-state index is 0. The zero-order valence-electron chi connectivity index (χ0n) is 16.2. The maximum atomic E-state index is 12.9. The molecule has 1 amide bonds. The van der Waals surface area contributed by atoms with E-state index in [2.05, 4.69) is 71.2 Å². The summed E-state index contributed by atoms with van der Waals surface area (Å²) in [6.45, 7) is 4.06. The number of nitrogens with one attached hydrogen (secondary N) is 3. The minimum atomic E-state index is 0. The molecule has 1 fully saturated rings. The molecule has 28 heavy (non-hydrogen) atoms. The second-order valence-electron chi connectivity index (χ2n) is 7.55. The summed E-state index contributed by atoms with van der Waals surface area (Å²) in [4.78, 5) is 16.2. The highest BCUT2D eigenvalue weighted by Gasteiger charge is 2.23. The third-order valence-electron chi connectivity index (χ3n) is 5.53. The molecule has 3 N–H and O–H groups in total. The number of carbonyl (C=O) groups excluding carboxylic acids is 1. The average Bonchev–Trinajstić information content (AvgIpc) is 3.11. The number of amides is 1. The number of aryl methyl sites for hydroxylation is 1. The molecular formula is C23H28ClN3O. The number of para-hydroxylation sites is 1. The number of carbonyl (C=O) groups is 1. The van der Waals surface area contributed by atoms with Gasteiger partial charge in [-0.05, 0) is 50.0 Å². The molecule has 4 rings (SSSR count). The van der Waals surface area contributed by atoms with Gasteiger partial charge in [-0.1, -0.05) is 48.0 Å². The first-order chi connectivity index (χ1) is 13.2. The number of benzene rings is 2. The number of piperidine rings is 1.